The zero-order valence-electron chi connectivity index (χ0n) is 16.5. The monoisotopic (exact) mass is 368 g/mol. The summed E-state index contributed by atoms with van der Waals surface area (Å²) in [6, 6.07) is 9.35. The number of carbonyl (C=O) groups excluding carboxylic acids is 2. The molecule has 1 aliphatic rings. The van der Waals surface area contributed by atoms with Crippen molar-refractivity contribution < 1.29 is 9.59 Å². The molecule has 2 aromatic rings. The predicted molar refractivity (Wildman–Crippen MR) is 105 cm³/mol. The second-order valence-corrected chi connectivity index (χ2v) is 8.02. The molecule has 0 spiro atoms. The summed E-state index contributed by atoms with van der Waals surface area (Å²) in [5.41, 5.74) is 1.90. The molecule has 0 fully saturated rings. The first kappa shape index (κ1) is 19.3. The zero-order chi connectivity index (χ0) is 19.6. The molecular formula is C21H28N4O2. The lowest BCUT2D eigenvalue weighted by Crippen LogP contribution is -2.49. The Kier molecular flexibility index (Phi) is 5.46. The molecule has 0 unspecified atom stereocenters. The van der Waals surface area contributed by atoms with E-state index in [2.05, 4.69) is 20.2 Å². The standard InChI is InChI=1S/C21H28N4O2/c1-5-16(26)18(21(2,3)4)24-20(27)17-15-13-22-11-12-25(15)19(23-17)14-9-7-6-8-10-14/h6-10,18,22H,5,11-13H2,1-4H3,(H,24,27)/t18-/m1/s1. The van der Waals surface area contributed by atoms with E-state index in [0.29, 0.717) is 18.7 Å². The lowest BCUT2D eigenvalue weighted by Gasteiger charge is -2.30. The van der Waals surface area contributed by atoms with Crippen LogP contribution in [0.15, 0.2) is 30.3 Å². The van der Waals surface area contributed by atoms with E-state index in [1.165, 1.54) is 0 Å². The van der Waals surface area contributed by atoms with Crippen LogP contribution in [0.25, 0.3) is 11.4 Å². The molecule has 1 amide bonds. The lowest BCUT2D eigenvalue weighted by atomic mass is 9.83. The van der Waals surface area contributed by atoms with Gasteiger partial charge in [-0.25, -0.2) is 4.98 Å². The molecule has 1 aliphatic heterocycles. The highest BCUT2D eigenvalue weighted by Gasteiger charge is 2.34. The zero-order valence-corrected chi connectivity index (χ0v) is 16.5. The second kappa shape index (κ2) is 7.64. The van der Waals surface area contributed by atoms with Gasteiger partial charge in [0.2, 0.25) is 0 Å². The fourth-order valence-electron chi connectivity index (χ4n) is 3.48. The number of hydrogen-bond donors (Lipinski definition) is 2. The summed E-state index contributed by atoms with van der Waals surface area (Å²) in [6.07, 6.45) is 0.389. The summed E-state index contributed by atoms with van der Waals surface area (Å²) in [6.45, 7) is 9.90. The number of nitrogens with one attached hydrogen (secondary N) is 2. The molecule has 3 rings (SSSR count). The number of benzene rings is 1. The van der Waals surface area contributed by atoms with Crippen molar-refractivity contribution in [2.45, 2.75) is 53.2 Å². The van der Waals surface area contributed by atoms with Gasteiger partial charge in [0.25, 0.3) is 5.91 Å². The Labute approximate surface area is 160 Å². The topological polar surface area (TPSA) is 76.0 Å². The van der Waals surface area contributed by atoms with Gasteiger partial charge in [-0.15, -0.1) is 0 Å². The summed E-state index contributed by atoms with van der Waals surface area (Å²) in [7, 11) is 0. The molecule has 6 nitrogen and oxygen atoms in total. The normalized spacial score (nSPS) is 15.1. The molecular weight excluding hydrogens is 340 g/mol. The Morgan fingerprint density at radius 2 is 1.96 bits per heavy atom. The molecule has 0 aliphatic carbocycles. The Hall–Kier alpha value is -2.47. The molecule has 144 valence electrons. The first-order valence-electron chi connectivity index (χ1n) is 9.52. The molecule has 2 N–H and O–H groups in total. The van der Waals surface area contributed by atoms with Crippen LogP contribution in [0.5, 0.6) is 0 Å². The highest BCUT2D eigenvalue weighted by molar-refractivity contribution is 5.98. The molecule has 6 heteroatoms. The largest absolute Gasteiger partial charge is 0.340 e. The van der Waals surface area contributed by atoms with Gasteiger partial charge in [0.05, 0.1) is 11.7 Å². The van der Waals surface area contributed by atoms with Crippen LogP contribution in [0.1, 0.15) is 50.3 Å². The third-order valence-electron chi connectivity index (χ3n) is 4.94. The number of rotatable bonds is 5. The average Bonchev–Trinajstić information content (AvgIpc) is 3.05. The first-order valence-corrected chi connectivity index (χ1v) is 9.52. The molecule has 1 atom stereocenters. The number of ketones is 1. The molecule has 1 aromatic heterocycles. The molecule has 2 heterocycles. The quantitative estimate of drug-likeness (QED) is 0.851. The Morgan fingerprint density at radius 3 is 2.59 bits per heavy atom. The van der Waals surface area contributed by atoms with Crippen molar-refractivity contribution in [3.05, 3.63) is 41.7 Å². The van der Waals surface area contributed by atoms with Crippen molar-refractivity contribution in [3.8, 4) is 11.4 Å². The minimum absolute atomic E-state index is 0.0327. The number of fused-ring (bicyclic) bond motifs is 1. The summed E-state index contributed by atoms with van der Waals surface area (Å²) < 4.78 is 2.11. The minimum Gasteiger partial charge on any atom is -0.340 e. The van der Waals surface area contributed by atoms with E-state index in [1.54, 1.807) is 0 Å². The predicted octanol–water partition coefficient (Wildman–Crippen LogP) is 2.78. The number of amides is 1. The number of aromatic nitrogens is 2. The molecule has 1 aromatic carbocycles. The third-order valence-corrected chi connectivity index (χ3v) is 4.94. The van der Waals surface area contributed by atoms with Gasteiger partial charge in [-0.1, -0.05) is 58.0 Å². The van der Waals surface area contributed by atoms with Crippen molar-refractivity contribution in [2.24, 2.45) is 5.41 Å². The number of hydrogen-bond acceptors (Lipinski definition) is 4. The van der Waals surface area contributed by atoms with Gasteiger partial charge in [0, 0.05) is 31.6 Å². The number of nitrogens with zero attached hydrogens (tertiary/aromatic N) is 2. The van der Waals surface area contributed by atoms with Crippen molar-refractivity contribution in [2.75, 3.05) is 6.54 Å². The maximum atomic E-state index is 13.1. The molecule has 0 saturated carbocycles. The van der Waals surface area contributed by atoms with Crippen molar-refractivity contribution in [3.63, 3.8) is 0 Å². The van der Waals surface area contributed by atoms with Gasteiger partial charge in [0.15, 0.2) is 11.5 Å². The van der Waals surface area contributed by atoms with Crippen LogP contribution in [0.4, 0.5) is 0 Å². The number of carbonyl (C=O) groups is 2. The van der Waals surface area contributed by atoms with Gasteiger partial charge in [-0.05, 0) is 5.41 Å². The Balaban J connectivity index is 1.98. The maximum Gasteiger partial charge on any atom is 0.272 e. The molecule has 0 radical (unpaired) electrons. The van der Waals surface area contributed by atoms with Crippen molar-refractivity contribution >= 4 is 11.7 Å². The summed E-state index contributed by atoms with van der Waals surface area (Å²) in [4.78, 5) is 30.1. The Morgan fingerprint density at radius 1 is 1.26 bits per heavy atom. The van der Waals surface area contributed by atoms with Gasteiger partial charge >= 0.3 is 0 Å². The van der Waals surface area contributed by atoms with E-state index in [0.717, 1.165) is 30.2 Å². The van der Waals surface area contributed by atoms with Gasteiger partial charge in [-0.3, -0.25) is 9.59 Å². The van der Waals surface area contributed by atoms with E-state index in [9.17, 15) is 9.59 Å². The van der Waals surface area contributed by atoms with Crippen LogP contribution in [0, 0.1) is 5.41 Å². The molecule has 0 bridgehead atoms. The number of Topliss-reactive ketones (excluding diaryl/α,β-unsaturated/α-hetero) is 1. The van der Waals surface area contributed by atoms with Crippen LogP contribution >= 0.6 is 0 Å². The number of imidazole rings is 1. The van der Waals surface area contributed by atoms with E-state index in [-0.39, 0.29) is 17.1 Å². The molecule has 27 heavy (non-hydrogen) atoms. The van der Waals surface area contributed by atoms with Crippen LogP contribution in [0.3, 0.4) is 0 Å². The van der Waals surface area contributed by atoms with Crippen LogP contribution < -0.4 is 10.6 Å². The summed E-state index contributed by atoms with van der Waals surface area (Å²) in [5, 5.41) is 6.26. The van der Waals surface area contributed by atoms with E-state index in [4.69, 9.17) is 0 Å². The lowest BCUT2D eigenvalue weighted by molar-refractivity contribution is -0.122. The maximum absolute atomic E-state index is 13.1. The summed E-state index contributed by atoms with van der Waals surface area (Å²) >= 11 is 0. The van der Waals surface area contributed by atoms with E-state index < -0.39 is 6.04 Å². The summed E-state index contributed by atoms with van der Waals surface area (Å²) in [5.74, 6) is 0.545. The second-order valence-electron chi connectivity index (χ2n) is 8.02. The minimum atomic E-state index is -0.538. The highest BCUT2D eigenvalue weighted by atomic mass is 16.2. The fourth-order valence-corrected chi connectivity index (χ4v) is 3.48. The smallest absolute Gasteiger partial charge is 0.272 e. The van der Waals surface area contributed by atoms with Gasteiger partial charge in [-0.2, -0.15) is 0 Å². The van der Waals surface area contributed by atoms with Gasteiger partial charge in [0.1, 0.15) is 5.82 Å². The van der Waals surface area contributed by atoms with Crippen LogP contribution in [0.2, 0.25) is 0 Å². The van der Waals surface area contributed by atoms with Crippen molar-refractivity contribution in [1.82, 2.24) is 20.2 Å². The SMILES string of the molecule is CCC(=O)[C@@H](NC(=O)c1nc(-c2ccccc2)n2c1CNCC2)C(C)(C)C. The first-order chi connectivity index (χ1) is 12.8. The van der Waals surface area contributed by atoms with Gasteiger partial charge < -0.3 is 15.2 Å². The van der Waals surface area contributed by atoms with Crippen LogP contribution in [-0.4, -0.2) is 33.8 Å². The third kappa shape index (κ3) is 3.95. The van der Waals surface area contributed by atoms with E-state index >= 15 is 0 Å². The molecule has 0 saturated heterocycles. The Bertz CT molecular complexity index is 834. The van der Waals surface area contributed by atoms with Crippen LogP contribution in [-0.2, 0) is 17.9 Å². The average molecular weight is 368 g/mol. The van der Waals surface area contributed by atoms with Crippen molar-refractivity contribution in [1.29, 1.82) is 0 Å². The highest BCUT2D eigenvalue weighted by Crippen LogP contribution is 2.26. The van der Waals surface area contributed by atoms with E-state index in [1.807, 2.05) is 58.0 Å². The fraction of sp³-hybridized carbons (Fsp3) is 0.476.